The van der Waals surface area contributed by atoms with E-state index in [4.69, 9.17) is 5.73 Å². The van der Waals surface area contributed by atoms with Crippen molar-refractivity contribution in [2.75, 3.05) is 11.1 Å². The third kappa shape index (κ3) is 2.42. The summed E-state index contributed by atoms with van der Waals surface area (Å²) >= 11 is 1.65. The molecule has 6 heteroatoms. The molecule has 0 saturated carbocycles. The number of aryl methyl sites for hydroxylation is 1. The zero-order valence-corrected chi connectivity index (χ0v) is 12.1. The van der Waals surface area contributed by atoms with Gasteiger partial charge in [0.15, 0.2) is 0 Å². The first-order valence-corrected chi connectivity index (χ1v) is 7.20. The van der Waals surface area contributed by atoms with E-state index in [0.717, 1.165) is 27.4 Å². The Morgan fingerprint density at radius 2 is 2.15 bits per heavy atom. The van der Waals surface area contributed by atoms with Crippen LogP contribution in [0, 0.1) is 6.92 Å². The van der Waals surface area contributed by atoms with Crippen molar-refractivity contribution in [3.8, 4) is 0 Å². The molecule has 0 spiro atoms. The number of rotatable bonds is 3. The summed E-state index contributed by atoms with van der Waals surface area (Å²) in [6.45, 7) is 4.07. The van der Waals surface area contributed by atoms with Crippen LogP contribution in [0.3, 0.4) is 0 Å². The molecule has 2 heterocycles. The zero-order valence-electron chi connectivity index (χ0n) is 11.3. The fraction of sp³-hybridized carbons (Fsp3) is 0.214. The number of benzene rings is 1. The molecule has 1 aromatic carbocycles. The van der Waals surface area contributed by atoms with Gasteiger partial charge in [0, 0.05) is 22.1 Å². The summed E-state index contributed by atoms with van der Waals surface area (Å²) in [5.41, 5.74) is 8.36. The van der Waals surface area contributed by atoms with Gasteiger partial charge in [0.25, 0.3) is 0 Å². The van der Waals surface area contributed by atoms with Gasteiger partial charge in [-0.2, -0.15) is 0 Å². The van der Waals surface area contributed by atoms with E-state index in [0.29, 0.717) is 5.69 Å². The summed E-state index contributed by atoms with van der Waals surface area (Å²) in [7, 11) is 0. The second-order valence-corrected chi connectivity index (χ2v) is 5.58. The van der Waals surface area contributed by atoms with E-state index in [1.165, 1.54) is 0 Å². The third-order valence-corrected chi connectivity index (χ3v) is 4.17. The molecule has 0 bridgehead atoms. The van der Waals surface area contributed by atoms with Gasteiger partial charge in [-0.3, -0.25) is 0 Å². The molecule has 0 radical (unpaired) electrons. The number of hydrogen-bond donors (Lipinski definition) is 2. The van der Waals surface area contributed by atoms with Gasteiger partial charge < -0.3 is 11.1 Å². The number of nitrogen functional groups attached to an aromatic ring is 1. The first-order chi connectivity index (χ1) is 9.63. The summed E-state index contributed by atoms with van der Waals surface area (Å²) in [6.07, 6.45) is 1.55. The van der Waals surface area contributed by atoms with Gasteiger partial charge in [0.05, 0.1) is 11.6 Å². The number of anilines is 2. The second kappa shape index (κ2) is 5.05. The molecule has 0 saturated heterocycles. The van der Waals surface area contributed by atoms with Crippen LogP contribution in [0.25, 0.3) is 10.9 Å². The predicted octanol–water partition coefficient (Wildman–Crippen LogP) is 3.15. The number of hydrogen-bond acceptors (Lipinski definition) is 6. The molecular weight excluding hydrogens is 270 g/mol. The maximum Gasteiger partial charge on any atom is 0.137 e. The number of aromatic nitrogens is 3. The van der Waals surface area contributed by atoms with Crippen molar-refractivity contribution in [1.29, 1.82) is 0 Å². The van der Waals surface area contributed by atoms with Crippen LogP contribution < -0.4 is 11.1 Å². The van der Waals surface area contributed by atoms with Crippen LogP contribution >= 0.6 is 11.3 Å². The van der Waals surface area contributed by atoms with Gasteiger partial charge in [-0.25, -0.2) is 15.0 Å². The minimum atomic E-state index is 0.101. The lowest BCUT2D eigenvalue weighted by Crippen LogP contribution is -2.08. The zero-order chi connectivity index (χ0) is 14.1. The highest BCUT2D eigenvalue weighted by molar-refractivity contribution is 7.09. The Balaban J connectivity index is 1.94. The summed E-state index contributed by atoms with van der Waals surface area (Å²) in [4.78, 5) is 13.1. The minimum absolute atomic E-state index is 0.101. The molecule has 20 heavy (non-hydrogen) atoms. The van der Waals surface area contributed by atoms with Gasteiger partial charge in [-0.05, 0) is 32.0 Å². The molecular formula is C14H15N5S. The molecule has 0 aliphatic heterocycles. The van der Waals surface area contributed by atoms with Gasteiger partial charge >= 0.3 is 0 Å². The van der Waals surface area contributed by atoms with E-state index in [1.807, 2.05) is 30.5 Å². The van der Waals surface area contributed by atoms with E-state index in [1.54, 1.807) is 17.7 Å². The number of nitrogens with two attached hydrogens (primary N) is 1. The molecule has 0 aliphatic carbocycles. The van der Waals surface area contributed by atoms with E-state index in [-0.39, 0.29) is 6.04 Å². The minimum Gasteiger partial charge on any atom is -0.399 e. The van der Waals surface area contributed by atoms with Gasteiger partial charge in [-0.1, -0.05) is 0 Å². The molecule has 3 N–H and O–H groups in total. The molecule has 1 unspecified atom stereocenters. The number of nitrogens with zero attached hydrogens (tertiary/aromatic N) is 3. The summed E-state index contributed by atoms with van der Waals surface area (Å²) in [5, 5.41) is 7.44. The highest BCUT2D eigenvalue weighted by Crippen LogP contribution is 2.26. The standard InChI is InChI=1S/C14H15N5S/c1-8-6-20-14(18-8)9(2)19-13-11-4-3-10(15)5-12(11)16-7-17-13/h3-7,9H,15H2,1-2H3,(H,16,17,19). The average molecular weight is 285 g/mol. The van der Waals surface area contributed by atoms with Crippen LogP contribution in [0.5, 0.6) is 0 Å². The summed E-state index contributed by atoms with van der Waals surface area (Å²) < 4.78 is 0. The van der Waals surface area contributed by atoms with Crippen molar-refractivity contribution in [2.24, 2.45) is 0 Å². The monoisotopic (exact) mass is 285 g/mol. The van der Waals surface area contributed by atoms with Crippen molar-refractivity contribution in [1.82, 2.24) is 15.0 Å². The van der Waals surface area contributed by atoms with Gasteiger partial charge in [0.2, 0.25) is 0 Å². The van der Waals surface area contributed by atoms with Crippen LogP contribution in [0.15, 0.2) is 29.9 Å². The highest BCUT2D eigenvalue weighted by Gasteiger charge is 2.12. The van der Waals surface area contributed by atoms with Gasteiger partial charge in [0.1, 0.15) is 17.2 Å². The first-order valence-electron chi connectivity index (χ1n) is 6.32. The van der Waals surface area contributed by atoms with E-state index >= 15 is 0 Å². The summed E-state index contributed by atoms with van der Waals surface area (Å²) in [6, 6.07) is 5.74. The number of thiazole rings is 1. The number of nitrogens with one attached hydrogen (secondary N) is 1. The smallest absolute Gasteiger partial charge is 0.137 e. The van der Waals surface area contributed by atoms with Crippen LogP contribution in [-0.2, 0) is 0 Å². The molecule has 0 fully saturated rings. The Labute approximate surface area is 120 Å². The van der Waals surface area contributed by atoms with Crippen LogP contribution in [0.1, 0.15) is 23.7 Å². The molecule has 102 valence electrons. The summed E-state index contributed by atoms with van der Waals surface area (Å²) in [5.74, 6) is 0.801. The largest absolute Gasteiger partial charge is 0.399 e. The average Bonchev–Trinajstić information content (AvgIpc) is 2.85. The SMILES string of the molecule is Cc1csc(C(C)Nc2ncnc3cc(N)ccc23)n1. The Morgan fingerprint density at radius 3 is 2.90 bits per heavy atom. The van der Waals surface area contributed by atoms with Crippen molar-refractivity contribution in [3.63, 3.8) is 0 Å². The fourth-order valence-electron chi connectivity index (χ4n) is 2.03. The fourth-order valence-corrected chi connectivity index (χ4v) is 2.83. The maximum absolute atomic E-state index is 5.78. The van der Waals surface area contributed by atoms with E-state index < -0.39 is 0 Å². The molecule has 0 amide bonds. The second-order valence-electron chi connectivity index (χ2n) is 4.69. The van der Waals surface area contributed by atoms with Crippen molar-refractivity contribution < 1.29 is 0 Å². The first kappa shape index (κ1) is 12.8. The lowest BCUT2D eigenvalue weighted by atomic mass is 10.2. The third-order valence-electron chi connectivity index (χ3n) is 3.02. The van der Waals surface area contributed by atoms with Crippen molar-refractivity contribution >= 4 is 33.7 Å². The lowest BCUT2D eigenvalue weighted by Gasteiger charge is -2.13. The lowest BCUT2D eigenvalue weighted by molar-refractivity contribution is 0.856. The Kier molecular flexibility index (Phi) is 3.23. The quantitative estimate of drug-likeness (QED) is 0.723. The van der Waals surface area contributed by atoms with Crippen molar-refractivity contribution in [3.05, 3.63) is 40.6 Å². The van der Waals surface area contributed by atoms with Crippen LogP contribution in [0.4, 0.5) is 11.5 Å². The topological polar surface area (TPSA) is 76.7 Å². The highest BCUT2D eigenvalue weighted by atomic mass is 32.1. The molecule has 3 rings (SSSR count). The maximum atomic E-state index is 5.78. The molecule has 3 aromatic rings. The molecule has 0 aliphatic rings. The molecule has 2 aromatic heterocycles. The van der Waals surface area contributed by atoms with Gasteiger partial charge in [-0.15, -0.1) is 11.3 Å². The normalized spacial score (nSPS) is 12.5. The number of fused-ring (bicyclic) bond motifs is 1. The molecule has 5 nitrogen and oxygen atoms in total. The van der Waals surface area contributed by atoms with Crippen LogP contribution in [-0.4, -0.2) is 15.0 Å². The predicted molar refractivity (Wildman–Crippen MR) is 82.8 cm³/mol. The van der Waals surface area contributed by atoms with Crippen LogP contribution in [0.2, 0.25) is 0 Å². The Morgan fingerprint density at radius 1 is 1.30 bits per heavy atom. The van der Waals surface area contributed by atoms with Crippen molar-refractivity contribution in [2.45, 2.75) is 19.9 Å². The van der Waals surface area contributed by atoms with E-state index in [9.17, 15) is 0 Å². The molecule has 1 atom stereocenters. The Bertz CT molecular complexity index is 752. The Hall–Kier alpha value is -2.21. The van der Waals surface area contributed by atoms with E-state index in [2.05, 4.69) is 27.2 Å².